The fraction of sp³-hybridized carbons (Fsp3) is 0.529. The van der Waals surface area contributed by atoms with Crippen LogP contribution in [0.4, 0.5) is 0 Å². The smallest absolute Gasteiger partial charge is 0.306 e. The lowest BCUT2D eigenvalue weighted by molar-refractivity contribution is -0.145. The van der Waals surface area contributed by atoms with Gasteiger partial charge in [-0.25, -0.2) is 0 Å². The van der Waals surface area contributed by atoms with Crippen molar-refractivity contribution >= 4 is 23.5 Å². The van der Waals surface area contributed by atoms with Crippen LogP contribution in [0.3, 0.4) is 0 Å². The van der Waals surface area contributed by atoms with Crippen molar-refractivity contribution in [2.75, 3.05) is 26.8 Å². The Morgan fingerprint density at radius 2 is 2.12 bits per heavy atom. The summed E-state index contributed by atoms with van der Waals surface area (Å²) in [6.07, 6.45) is 0.449. The molecular weight excluding hydrogens is 334 g/mol. The summed E-state index contributed by atoms with van der Waals surface area (Å²) < 4.78 is 10.7. The predicted molar refractivity (Wildman–Crippen MR) is 90.0 cm³/mol. The van der Waals surface area contributed by atoms with Gasteiger partial charge in [-0.15, -0.1) is 0 Å². The third-order valence-corrected chi connectivity index (χ3v) is 4.56. The normalized spacial score (nSPS) is 20.6. The molecule has 1 N–H and O–H groups in total. The van der Waals surface area contributed by atoms with Crippen molar-refractivity contribution in [1.82, 2.24) is 4.90 Å². The fourth-order valence-electron chi connectivity index (χ4n) is 3.01. The van der Waals surface area contributed by atoms with Crippen LogP contribution >= 0.6 is 11.6 Å². The van der Waals surface area contributed by atoms with Gasteiger partial charge in [0.15, 0.2) is 11.5 Å². The van der Waals surface area contributed by atoms with Gasteiger partial charge < -0.3 is 19.5 Å². The van der Waals surface area contributed by atoms with E-state index in [2.05, 4.69) is 0 Å². The molecule has 1 fully saturated rings. The standard InChI is InChI=1S/C17H22ClNO5/c1-4-24-15-13(18)7-11(8-14(15)23-3)16(20)19-6-5-12(17(21)22)10(2)9-19/h7-8,10,12H,4-6,9H2,1-3H3,(H,21,22). The number of nitrogens with zero attached hydrogens (tertiary/aromatic N) is 1. The van der Waals surface area contributed by atoms with Gasteiger partial charge in [-0.05, 0) is 31.4 Å². The average Bonchev–Trinajstić information content (AvgIpc) is 2.55. The van der Waals surface area contributed by atoms with Gasteiger partial charge in [0.1, 0.15) is 0 Å². The van der Waals surface area contributed by atoms with Crippen molar-refractivity contribution in [1.29, 1.82) is 0 Å². The van der Waals surface area contributed by atoms with Crippen LogP contribution in [0.2, 0.25) is 5.02 Å². The van der Waals surface area contributed by atoms with Crippen molar-refractivity contribution in [2.24, 2.45) is 11.8 Å². The number of carboxylic acids is 1. The lowest BCUT2D eigenvalue weighted by Crippen LogP contribution is -2.45. The number of carboxylic acid groups (broad SMARTS) is 1. The molecule has 0 radical (unpaired) electrons. The first kappa shape index (κ1) is 18.4. The quantitative estimate of drug-likeness (QED) is 0.878. The number of piperidine rings is 1. The van der Waals surface area contributed by atoms with Crippen LogP contribution in [0.5, 0.6) is 11.5 Å². The number of benzene rings is 1. The van der Waals surface area contributed by atoms with Crippen LogP contribution in [-0.4, -0.2) is 48.7 Å². The summed E-state index contributed by atoms with van der Waals surface area (Å²) >= 11 is 6.22. The van der Waals surface area contributed by atoms with Gasteiger partial charge in [-0.3, -0.25) is 9.59 Å². The Hall–Kier alpha value is -1.95. The van der Waals surface area contributed by atoms with Crippen LogP contribution in [0.25, 0.3) is 0 Å². The minimum atomic E-state index is -0.805. The molecule has 6 nitrogen and oxygen atoms in total. The van der Waals surface area contributed by atoms with E-state index in [1.807, 2.05) is 13.8 Å². The fourth-order valence-corrected chi connectivity index (χ4v) is 3.27. The van der Waals surface area contributed by atoms with E-state index in [1.54, 1.807) is 17.0 Å². The molecule has 1 aromatic carbocycles. The summed E-state index contributed by atoms with van der Waals surface area (Å²) in [5.74, 6) is -0.681. The molecule has 132 valence electrons. The summed E-state index contributed by atoms with van der Waals surface area (Å²) in [5, 5.41) is 9.50. The highest BCUT2D eigenvalue weighted by Gasteiger charge is 2.33. The Balaban J connectivity index is 2.21. The molecule has 0 aliphatic carbocycles. The Morgan fingerprint density at radius 1 is 1.42 bits per heavy atom. The Labute approximate surface area is 146 Å². The summed E-state index contributed by atoms with van der Waals surface area (Å²) in [6, 6.07) is 3.17. The van der Waals surface area contributed by atoms with Crippen LogP contribution in [0.1, 0.15) is 30.6 Å². The first-order chi connectivity index (χ1) is 11.4. The molecular formula is C17H22ClNO5. The molecule has 0 bridgehead atoms. The van der Waals surface area contributed by atoms with E-state index in [9.17, 15) is 14.7 Å². The Morgan fingerprint density at radius 3 is 2.67 bits per heavy atom. The Bertz CT molecular complexity index is 634. The largest absolute Gasteiger partial charge is 0.493 e. The van der Waals surface area contributed by atoms with Crippen LogP contribution in [-0.2, 0) is 4.79 Å². The molecule has 1 amide bonds. The maximum Gasteiger partial charge on any atom is 0.306 e. The molecule has 2 unspecified atom stereocenters. The van der Waals surface area contributed by atoms with Crippen molar-refractivity contribution < 1.29 is 24.2 Å². The zero-order valence-corrected chi connectivity index (χ0v) is 14.8. The van der Waals surface area contributed by atoms with Crippen LogP contribution < -0.4 is 9.47 Å². The Kier molecular flexibility index (Phi) is 5.94. The maximum atomic E-state index is 12.7. The molecule has 1 heterocycles. The number of amides is 1. The second-order valence-electron chi connectivity index (χ2n) is 5.88. The predicted octanol–water partition coefficient (Wildman–Crippen LogP) is 2.93. The minimum absolute atomic E-state index is 0.0970. The average molecular weight is 356 g/mol. The molecule has 0 saturated carbocycles. The number of methoxy groups -OCH3 is 1. The molecule has 7 heteroatoms. The number of halogens is 1. The third-order valence-electron chi connectivity index (χ3n) is 4.27. The zero-order chi connectivity index (χ0) is 17.9. The van der Waals surface area contributed by atoms with Crippen LogP contribution in [0, 0.1) is 11.8 Å². The van der Waals surface area contributed by atoms with Crippen molar-refractivity contribution in [2.45, 2.75) is 20.3 Å². The molecule has 2 atom stereocenters. The minimum Gasteiger partial charge on any atom is -0.493 e. The molecule has 24 heavy (non-hydrogen) atoms. The molecule has 2 rings (SSSR count). The lowest BCUT2D eigenvalue weighted by Gasteiger charge is -2.35. The summed E-state index contributed by atoms with van der Waals surface area (Å²) in [5.41, 5.74) is 0.404. The monoisotopic (exact) mass is 355 g/mol. The molecule has 1 saturated heterocycles. The number of hydrogen-bond acceptors (Lipinski definition) is 4. The van der Waals surface area contributed by atoms with Gasteiger partial charge in [0.05, 0.1) is 24.7 Å². The number of ether oxygens (including phenoxy) is 2. The summed E-state index contributed by atoms with van der Waals surface area (Å²) in [4.78, 5) is 25.6. The lowest BCUT2D eigenvalue weighted by atomic mass is 9.87. The topological polar surface area (TPSA) is 76.1 Å². The number of likely N-dealkylation sites (tertiary alicyclic amines) is 1. The second kappa shape index (κ2) is 7.75. The second-order valence-corrected chi connectivity index (χ2v) is 6.29. The van der Waals surface area contributed by atoms with E-state index < -0.39 is 11.9 Å². The molecule has 1 aliphatic rings. The van der Waals surface area contributed by atoms with Gasteiger partial charge in [0, 0.05) is 18.7 Å². The van der Waals surface area contributed by atoms with Crippen molar-refractivity contribution in [3.8, 4) is 11.5 Å². The molecule has 0 spiro atoms. The first-order valence-electron chi connectivity index (χ1n) is 7.91. The number of carbonyl (C=O) groups excluding carboxylic acids is 1. The van der Waals surface area contributed by atoms with Gasteiger partial charge in [-0.2, -0.15) is 0 Å². The van der Waals surface area contributed by atoms with E-state index in [4.69, 9.17) is 21.1 Å². The number of rotatable bonds is 5. The van der Waals surface area contributed by atoms with Gasteiger partial charge in [0.25, 0.3) is 5.91 Å². The van der Waals surface area contributed by atoms with Crippen molar-refractivity contribution in [3.63, 3.8) is 0 Å². The highest BCUT2D eigenvalue weighted by molar-refractivity contribution is 6.32. The highest BCUT2D eigenvalue weighted by Crippen LogP contribution is 2.37. The van der Waals surface area contributed by atoms with E-state index in [0.29, 0.717) is 48.2 Å². The van der Waals surface area contributed by atoms with E-state index in [0.717, 1.165) is 0 Å². The third kappa shape index (κ3) is 3.75. The van der Waals surface area contributed by atoms with E-state index in [-0.39, 0.29) is 11.8 Å². The SMILES string of the molecule is CCOc1c(Cl)cc(C(=O)N2CCC(C(=O)O)C(C)C2)cc1OC. The van der Waals surface area contributed by atoms with Crippen LogP contribution in [0.15, 0.2) is 12.1 Å². The zero-order valence-electron chi connectivity index (χ0n) is 14.0. The summed E-state index contributed by atoms with van der Waals surface area (Å²) in [7, 11) is 1.49. The number of aliphatic carboxylic acids is 1. The van der Waals surface area contributed by atoms with E-state index >= 15 is 0 Å². The van der Waals surface area contributed by atoms with Gasteiger partial charge in [0.2, 0.25) is 0 Å². The molecule has 1 aliphatic heterocycles. The van der Waals surface area contributed by atoms with Gasteiger partial charge >= 0.3 is 5.97 Å². The van der Waals surface area contributed by atoms with Crippen molar-refractivity contribution in [3.05, 3.63) is 22.7 Å². The molecule has 0 aromatic heterocycles. The number of carbonyl (C=O) groups is 2. The van der Waals surface area contributed by atoms with Gasteiger partial charge in [-0.1, -0.05) is 18.5 Å². The molecule has 1 aromatic rings. The summed E-state index contributed by atoms with van der Waals surface area (Å²) in [6.45, 7) is 4.94. The number of hydrogen-bond donors (Lipinski definition) is 1. The first-order valence-corrected chi connectivity index (χ1v) is 8.29. The van der Waals surface area contributed by atoms with E-state index in [1.165, 1.54) is 7.11 Å². The highest BCUT2D eigenvalue weighted by atomic mass is 35.5. The maximum absolute atomic E-state index is 12.7.